The van der Waals surface area contributed by atoms with Crippen LogP contribution in [-0.4, -0.2) is 0 Å². The summed E-state index contributed by atoms with van der Waals surface area (Å²) in [7, 11) is 3.54. The molecule has 0 bridgehead atoms. The van der Waals surface area contributed by atoms with Crippen LogP contribution in [0.4, 0.5) is 0 Å². The lowest BCUT2D eigenvalue weighted by Gasteiger charge is -2.03. The van der Waals surface area contributed by atoms with E-state index < -0.39 is 0 Å². The molecular weight excluding hydrogens is 261 g/mol. The van der Waals surface area contributed by atoms with Crippen LogP contribution in [0.3, 0.4) is 0 Å². The minimum atomic E-state index is 0.808. The highest BCUT2D eigenvalue weighted by Gasteiger charge is 1.98. The molecule has 1 unspecified atom stereocenters. The topological polar surface area (TPSA) is 0 Å². The standard InChI is InChI=1S/C14H11P3/c1-2-6-11(7-3-1)16-14-10-15-12-8-4-5-9-13(12)17-14/h1-10,16H. The summed E-state index contributed by atoms with van der Waals surface area (Å²) < 4.78 is 0. The van der Waals surface area contributed by atoms with Crippen LogP contribution in [0.1, 0.15) is 0 Å². The molecule has 82 valence electrons. The Hall–Kier alpha value is -0.790. The largest absolute Gasteiger partial charge is 0.0664 e. The summed E-state index contributed by atoms with van der Waals surface area (Å²) in [5.74, 6) is 2.37. The van der Waals surface area contributed by atoms with E-state index >= 15 is 0 Å². The molecule has 0 spiro atoms. The van der Waals surface area contributed by atoms with Crippen LogP contribution < -0.4 is 10.3 Å². The van der Waals surface area contributed by atoms with Crippen molar-refractivity contribution in [3.05, 3.63) is 60.4 Å². The van der Waals surface area contributed by atoms with Gasteiger partial charge in [-0.15, -0.1) is 0 Å². The van der Waals surface area contributed by atoms with E-state index in [9.17, 15) is 0 Å². The molecule has 0 aliphatic carbocycles. The highest BCUT2D eigenvalue weighted by atomic mass is 31.1. The summed E-state index contributed by atoms with van der Waals surface area (Å²) in [5, 5.41) is 5.89. The first kappa shape index (κ1) is 11.3. The van der Waals surface area contributed by atoms with Gasteiger partial charge in [-0.25, -0.2) is 0 Å². The Kier molecular flexibility index (Phi) is 3.49. The third-order valence-electron chi connectivity index (χ3n) is 2.49. The molecule has 0 saturated carbocycles. The summed E-state index contributed by atoms with van der Waals surface area (Å²) >= 11 is 0. The Bertz CT molecular complexity index is 635. The van der Waals surface area contributed by atoms with Gasteiger partial charge in [0.1, 0.15) is 0 Å². The van der Waals surface area contributed by atoms with Crippen molar-refractivity contribution >= 4 is 45.5 Å². The fourth-order valence-corrected chi connectivity index (χ4v) is 5.74. The summed E-state index contributed by atoms with van der Waals surface area (Å²) in [4.78, 5) is 0. The predicted octanol–water partition coefficient (Wildman–Crippen LogP) is 4.63. The van der Waals surface area contributed by atoms with E-state index in [0.717, 1.165) is 8.58 Å². The van der Waals surface area contributed by atoms with Crippen molar-refractivity contribution in [2.45, 2.75) is 0 Å². The maximum Gasteiger partial charge on any atom is 0.0142 e. The molecule has 0 aliphatic heterocycles. The number of hydrogen-bond acceptors (Lipinski definition) is 0. The van der Waals surface area contributed by atoms with E-state index in [1.807, 2.05) is 0 Å². The highest BCUT2D eigenvalue weighted by Crippen LogP contribution is 2.31. The average Bonchev–Trinajstić information content (AvgIpc) is 2.40. The van der Waals surface area contributed by atoms with Gasteiger partial charge in [0.15, 0.2) is 0 Å². The number of hydrogen-bond donors (Lipinski definition) is 0. The third kappa shape index (κ3) is 2.72. The Labute approximate surface area is 106 Å². The molecule has 1 aromatic heterocycles. The molecule has 3 rings (SSSR count). The number of fused-ring (bicyclic) bond motifs is 1. The quantitative estimate of drug-likeness (QED) is 0.597. The normalized spacial score (nSPS) is 12.2. The summed E-state index contributed by atoms with van der Waals surface area (Å²) in [5.41, 5.74) is 0. The zero-order chi connectivity index (χ0) is 11.5. The van der Waals surface area contributed by atoms with E-state index in [4.69, 9.17) is 0 Å². The van der Waals surface area contributed by atoms with Crippen LogP contribution >= 0.6 is 25.0 Å². The Morgan fingerprint density at radius 2 is 1.47 bits per heavy atom. The molecule has 2 aromatic carbocycles. The van der Waals surface area contributed by atoms with Gasteiger partial charge in [-0.05, 0) is 23.2 Å². The fraction of sp³-hybridized carbons (Fsp3) is 0. The van der Waals surface area contributed by atoms with E-state index in [2.05, 4.69) is 60.4 Å². The number of benzene rings is 2. The van der Waals surface area contributed by atoms with Crippen molar-refractivity contribution < 1.29 is 0 Å². The molecule has 0 saturated heterocycles. The first-order chi connectivity index (χ1) is 8.42. The maximum absolute atomic E-state index is 2.37. The van der Waals surface area contributed by atoms with Crippen LogP contribution in [0.15, 0.2) is 60.4 Å². The van der Waals surface area contributed by atoms with Gasteiger partial charge in [0.05, 0.1) is 0 Å². The molecule has 0 radical (unpaired) electrons. The second-order valence-electron chi connectivity index (χ2n) is 3.73. The highest BCUT2D eigenvalue weighted by molar-refractivity contribution is 7.69. The van der Waals surface area contributed by atoms with Crippen molar-refractivity contribution in [2.24, 2.45) is 0 Å². The molecule has 17 heavy (non-hydrogen) atoms. The van der Waals surface area contributed by atoms with Crippen LogP contribution in [-0.2, 0) is 0 Å². The van der Waals surface area contributed by atoms with Gasteiger partial charge in [-0.2, -0.15) is 0 Å². The van der Waals surface area contributed by atoms with Crippen LogP contribution in [0.2, 0.25) is 0 Å². The minimum Gasteiger partial charge on any atom is -0.0664 e. The Balaban J connectivity index is 1.96. The fourth-order valence-electron chi connectivity index (χ4n) is 1.69. The van der Waals surface area contributed by atoms with Gasteiger partial charge in [-0.1, -0.05) is 67.4 Å². The summed E-state index contributed by atoms with van der Waals surface area (Å²) in [6.45, 7) is 0. The molecule has 0 nitrogen and oxygen atoms in total. The smallest absolute Gasteiger partial charge is 0.0142 e. The maximum atomic E-state index is 2.37. The SMILES string of the molecule is c1ccc(Pc2cpc3ccccc3p2)cc1. The minimum absolute atomic E-state index is 0.808. The average molecular weight is 272 g/mol. The lowest BCUT2D eigenvalue weighted by molar-refractivity contribution is 1.78. The third-order valence-corrected chi connectivity index (χ3v) is 6.87. The van der Waals surface area contributed by atoms with E-state index in [-0.39, 0.29) is 0 Å². The van der Waals surface area contributed by atoms with E-state index in [0.29, 0.717) is 0 Å². The van der Waals surface area contributed by atoms with E-state index in [1.54, 1.807) is 0 Å². The van der Waals surface area contributed by atoms with Gasteiger partial charge >= 0.3 is 0 Å². The first-order valence-electron chi connectivity index (χ1n) is 5.46. The Morgan fingerprint density at radius 1 is 0.765 bits per heavy atom. The molecule has 1 atom stereocenters. The van der Waals surface area contributed by atoms with Gasteiger partial charge < -0.3 is 0 Å². The molecule has 0 aliphatic rings. The molecule has 1 heterocycles. The van der Waals surface area contributed by atoms with Crippen molar-refractivity contribution in [3.63, 3.8) is 0 Å². The molecule has 0 N–H and O–H groups in total. The Morgan fingerprint density at radius 3 is 2.29 bits per heavy atom. The monoisotopic (exact) mass is 272 g/mol. The summed E-state index contributed by atoms with van der Waals surface area (Å²) in [6.07, 6.45) is 0. The van der Waals surface area contributed by atoms with Crippen LogP contribution in [0.5, 0.6) is 0 Å². The summed E-state index contributed by atoms with van der Waals surface area (Å²) in [6, 6.07) is 19.5. The second-order valence-corrected chi connectivity index (χ2v) is 7.71. The first-order valence-corrected chi connectivity index (χ1v) is 8.31. The van der Waals surface area contributed by atoms with Crippen LogP contribution in [0, 0.1) is 0 Å². The zero-order valence-electron chi connectivity index (χ0n) is 9.17. The van der Waals surface area contributed by atoms with Crippen molar-refractivity contribution in [2.75, 3.05) is 0 Å². The van der Waals surface area contributed by atoms with Crippen molar-refractivity contribution in [1.29, 1.82) is 0 Å². The molecule has 0 amide bonds. The van der Waals surface area contributed by atoms with Crippen molar-refractivity contribution in [1.82, 2.24) is 0 Å². The lowest BCUT2D eigenvalue weighted by Crippen LogP contribution is -1.98. The second kappa shape index (κ2) is 5.24. The number of rotatable bonds is 2. The van der Waals surface area contributed by atoms with Crippen LogP contribution in [0.25, 0.3) is 10.2 Å². The van der Waals surface area contributed by atoms with Gasteiger partial charge in [0.2, 0.25) is 0 Å². The molecule has 3 aromatic rings. The van der Waals surface area contributed by atoms with Crippen molar-refractivity contribution in [3.8, 4) is 0 Å². The zero-order valence-corrected chi connectivity index (χ0v) is 12.0. The van der Waals surface area contributed by atoms with Gasteiger partial charge in [0.25, 0.3) is 0 Å². The molecule has 3 heteroatoms. The predicted molar refractivity (Wildman–Crippen MR) is 83.0 cm³/mol. The van der Waals surface area contributed by atoms with E-state index in [1.165, 1.54) is 37.0 Å². The molecule has 0 fully saturated rings. The van der Waals surface area contributed by atoms with Gasteiger partial charge in [-0.3, -0.25) is 0 Å². The van der Waals surface area contributed by atoms with Gasteiger partial charge in [0, 0.05) is 15.3 Å². The molecular formula is C14H11P3. The lowest BCUT2D eigenvalue weighted by atomic mass is 10.4.